The van der Waals surface area contributed by atoms with E-state index in [0.717, 1.165) is 18.4 Å². The molecule has 17 heavy (non-hydrogen) atoms. The van der Waals surface area contributed by atoms with E-state index in [1.54, 1.807) is 0 Å². The minimum Gasteiger partial charge on any atom is -0.317 e. The van der Waals surface area contributed by atoms with Gasteiger partial charge in [0.1, 0.15) is 0 Å². The third kappa shape index (κ3) is 3.82. The molecule has 0 bridgehead atoms. The van der Waals surface area contributed by atoms with E-state index in [2.05, 4.69) is 52.4 Å². The van der Waals surface area contributed by atoms with Gasteiger partial charge in [0.05, 0.1) is 0 Å². The average Bonchev–Trinajstić information content (AvgIpc) is 2.23. The zero-order valence-electron chi connectivity index (χ0n) is 10.6. The molecule has 1 fully saturated rings. The van der Waals surface area contributed by atoms with Crippen LogP contribution in [0.5, 0.6) is 0 Å². The lowest BCUT2D eigenvalue weighted by Crippen LogP contribution is -2.33. The Morgan fingerprint density at radius 3 is 2.82 bits per heavy atom. The molecule has 0 amide bonds. The Morgan fingerprint density at radius 2 is 2.24 bits per heavy atom. The van der Waals surface area contributed by atoms with Gasteiger partial charge in [-0.25, -0.2) is 0 Å². The summed E-state index contributed by atoms with van der Waals surface area (Å²) in [6.45, 7) is 4.45. The molecule has 1 unspecified atom stereocenters. The minimum absolute atomic E-state index is 0.818. The van der Waals surface area contributed by atoms with Gasteiger partial charge >= 0.3 is 0 Å². The van der Waals surface area contributed by atoms with Crippen LogP contribution in [0, 0.1) is 11.8 Å². The van der Waals surface area contributed by atoms with Gasteiger partial charge in [-0.15, -0.1) is 0 Å². The summed E-state index contributed by atoms with van der Waals surface area (Å²) in [5.74, 6) is 1.77. The predicted octanol–water partition coefficient (Wildman–Crippen LogP) is 4.02. The van der Waals surface area contributed by atoms with Gasteiger partial charge in [-0.1, -0.05) is 54.2 Å². The first-order chi connectivity index (χ1) is 8.29. The molecule has 1 atom stereocenters. The Bertz CT molecular complexity index is 347. The van der Waals surface area contributed by atoms with Crippen LogP contribution in [0.3, 0.4) is 0 Å². The topological polar surface area (TPSA) is 12.0 Å². The fraction of sp³-hybridized carbons (Fsp3) is 0.600. The molecule has 2 rings (SSSR count). The summed E-state index contributed by atoms with van der Waals surface area (Å²) < 4.78 is 1.20. The summed E-state index contributed by atoms with van der Waals surface area (Å²) in [4.78, 5) is 0. The van der Waals surface area contributed by atoms with Crippen LogP contribution in [0.1, 0.15) is 31.7 Å². The molecule has 2 heteroatoms. The molecule has 1 nitrogen and oxygen atoms in total. The average molecular weight is 296 g/mol. The van der Waals surface area contributed by atoms with Crippen LogP contribution in [-0.2, 0) is 6.42 Å². The van der Waals surface area contributed by atoms with E-state index in [1.165, 1.54) is 42.3 Å². The zero-order chi connectivity index (χ0) is 12.1. The highest BCUT2D eigenvalue weighted by molar-refractivity contribution is 9.10. The molecule has 94 valence electrons. The SMILES string of the molecule is CCNCC(Cc1cccc(Br)c1)C1CCC1. The quantitative estimate of drug-likeness (QED) is 0.836. The second-order valence-corrected chi connectivity index (χ2v) is 6.01. The van der Waals surface area contributed by atoms with Crippen molar-refractivity contribution < 1.29 is 0 Å². The normalized spacial score (nSPS) is 17.8. The van der Waals surface area contributed by atoms with Crippen molar-refractivity contribution in [1.82, 2.24) is 5.32 Å². The molecule has 1 aliphatic carbocycles. The number of hydrogen-bond donors (Lipinski definition) is 1. The van der Waals surface area contributed by atoms with Crippen molar-refractivity contribution in [2.75, 3.05) is 13.1 Å². The molecule has 1 aliphatic rings. The maximum Gasteiger partial charge on any atom is 0.0177 e. The summed E-state index contributed by atoms with van der Waals surface area (Å²) in [6.07, 6.45) is 5.52. The molecular formula is C15H22BrN. The minimum atomic E-state index is 0.818. The van der Waals surface area contributed by atoms with E-state index < -0.39 is 0 Å². The second-order valence-electron chi connectivity index (χ2n) is 5.09. The van der Waals surface area contributed by atoms with Crippen LogP contribution in [0.15, 0.2) is 28.7 Å². The predicted molar refractivity (Wildman–Crippen MR) is 77.2 cm³/mol. The fourth-order valence-corrected chi connectivity index (χ4v) is 3.06. The van der Waals surface area contributed by atoms with Crippen molar-refractivity contribution in [3.05, 3.63) is 34.3 Å². The molecule has 1 aromatic carbocycles. The van der Waals surface area contributed by atoms with Crippen molar-refractivity contribution >= 4 is 15.9 Å². The van der Waals surface area contributed by atoms with Gasteiger partial charge in [0, 0.05) is 4.47 Å². The summed E-state index contributed by atoms with van der Waals surface area (Å²) in [5.41, 5.74) is 1.47. The lowest BCUT2D eigenvalue weighted by atomic mass is 9.73. The Morgan fingerprint density at radius 1 is 1.41 bits per heavy atom. The Hall–Kier alpha value is -0.340. The molecule has 1 saturated carbocycles. The van der Waals surface area contributed by atoms with Crippen molar-refractivity contribution in [2.45, 2.75) is 32.6 Å². The Balaban J connectivity index is 1.95. The van der Waals surface area contributed by atoms with E-state index in [4.69, 9.17) is 0 Å². The first-order valence-corrected chi connectivity index (χ1v) is 7.54. The molecule has 0 aromatic heterocycles. The van der Waals surface area contributed by atoms with Crippen LogP contribution >= 0.6 is 15.9 Å². The maximum absolute atomic E-state index is 3.56. The molecule has 0 spiro atoms. The fourth-order valence-electron chi connectivity index (χ4n) is 2.61. The van der Waals surface area contributed by atoms with Crippen molar-refractivity contribution in [3.63, 3.8) is 0 Å². The van der Waals surface area contributed by atoms with Gasteiger partial charge in [0.25, 0.3) is 0 Å². The maximum atomic E-state index is 3.56. The van der Waals surface area contributed by atoms with Crippen molar-refractivity contribution in [2.24, 2.45) is 11.8 Å². The first kappa shape index (κ1) is 13.1. The molecular weight excluding hydrogens is 274 g/mol. The van der Waals surface area contributed by atoms with Crippen LogP contribution in [0.4, 0.5) is 0 Å². The smallest absolute Gasteiger partial charge is 0.0177 e. The van der Waals surface area contributed by atoms with E-state index in [-0.39, 0.29) is 0 Å². The summed E-state index contributed by atoms with van der Waals surface area (Å²) in [7, 11) is 0. The molecule has 1 N–H and O–H groups in total. The summed E-state index contributed by atoms with van der Waals surface area (Å²) in [5, 5.41) is 3.52. The standard InChI is InChI=1S/C15H22BrN/c1-2-17-11-14(13-6-4-7-13)9-12-5-3-8-15(16)10-12/h3,5,8,10,13-14,17H,2,4,6-7,9,11H2,1H3. The highest BCUT2D eigenvalue weighted by Gasteiger charge is 2.26. The van der Waals surface area contributed by atoms with E-state index in [0.29, 0.717) is 0 Å². The largest absolute Gasteiger partial charge is 0.317 e. The summed E-state index contributed by atoms with van der Waals surface area (Å²) >= 11 is 3.56. The molecule has 0 aliphatic heterocycles. The van der Waals surface area contributed by atoms with Gasteiger partial charge in [0.15, 0.2) is 0 Å². The highest BCUT2D eigenvalue weighted by Crippen LogP contribution is 2.35. The van der Waals surface area contributed by atoms with Gasteiger partial charge in [-0.05, 0) is 49.0 Å². The molecule has 0 radical (unpaired) electrons. The number of hydrogen-bond acceptors (Lipinski definition) is 1. The van der Waals surface area contributed by atoms with Crippen LogP contribution in [0.2, 0.25) is 0 Å². The molecule has 0 heterocycles. The van der Waals surface area contributed by atoms with Crippen LogP contribution in [-0.4, -0.2) is 13.1 Å². The van der Waals surface area contributed by atoms with E-state index in [1.807, 2.05) is 0 Å². The third-order valence-electron chi connectivity index (χ3n) is 3.86. The monoisotopic (exact) mass is 295 g/mol. The zero-order valence-corrected chi connectivity index (χ0v) is 12.2. The first-order valence-electron chi connectivity index (χ1n) is 6.74. The van der Waals surface area contributed by atoms with E-state index in [9.17, 15) is 0 Å². The Labute approximate surface area is 113 Å². The molecule has 0 saturated heterocycles. The van der Waals surface area contributed by atoms with E-state index >= 15 is 0 Å². The van der Waals surface area contributed by atoms with Gasteiger partial charge < -0.3 is 5.32 Å². The van der Waals surface area contributed by atoms with Gasteiger partial charge in [-0.2, -0.15) is 0 Å². The molecule has 1 aromatic rings. The highest BCUT2D eigenvalue weighted by atomic mass is 79.9. The van der Waals surface area contributed by atoms with Crippen LogP contribution in [0.25, 0.3) is 0 Å². The summed E-state index contributed by atoms with van der Waals surface area (Å²) in [6, 6.07) is 8.76. The van der Waals surface area contributed by atoms with Gasteiger partial charge in [-0.3, -0.25) is 0 Å². The lowest BCUT2D eigenvalue weighted by molar-refractivity contribution is 0.200. The Kier molecular flexibility index (Phi) is 5.05. The van der Waals surface area contributed by atoms with Crippen LogP contribution < -0.4 is 5.32 Å². The van der Waals surface area contributed by atoms with Crippen molar-refractivity contribution in [3.8, 4) is 0 Å². The lowest BCUT2D eigenvalue weighted by Gasteiger charge is -2.34. The number of nitrogens with one attached hydrogen (secondary N) is 1. The third-order valence-corrected chi connectivity index (χ3v) is 4.35. The number of benzene rings is 1. The second kappa shape index (κ2) is 6.55. The number of rotatable bonds is 6. The van der Waals surface area contributed by atoms with Crippen molar-refractivity contribution in [1.29, 1.82) is 0 Å². The van der Waals surface area contributed by atoms with Gasteiger partial charge in [0.2, 0.25) is 0 Å². The number of halogens is 1.